The molecular formula is C15H26N2O4. The number of aliphatic carboxylic acids is 1. The molecule has 120 valence electrons. The van der Waals surface area contributed by atoms with Crippen LogP contribution in [0, 0.1) is 11.8 Å². The predicted octanol–water partition coefficient (Wildman–Crippen LogP) is 0.761. The first-order chi connectivity index (χ1) is 10.1. The zero-order chi connectivity index (χ0) is 15.2. The van der Waals surface area contributed by atoms with Crippen LogP contribution in [0.25, 0.3) is 0 Å². The molecule has 1 heterocycles. The van der Waals surface area contributed by atoms with Crippen molar-refractivity contribution in [1.82, 2.24) is 10.6 Å². The van der Waals surface area contributed by atoms with Crippen molar-refractivity contribution in [3.63, 3.8) is 0 Å². The summed E-state index contributed by atoms with van der Waals surface area (Å²) < 4.78 is 5.42. The third kappa shape index (κ3) is 4.41. The van der Waals surface area contributed by atoms with Crippen molar-refractivity contribution < 1.29 is 19.4 Å². The van der Waals surface area contributed by atoms with E-state index >= 15 is 0 Å². The third-order valence-electron chi connectivity index (χ3n) is 4.44. The average Bonchev–Trinajstić information content (AvgIpc) is 2.93. The van der Waals surface area contributed by atoms with Crippen molar-refractivity contribution in [2.75, 3.05) is 19.8 Å². The highest BCUT2D eigenvalue weighted by Crippen LogP contribution is 2.25. The number of carbonyl (C=O) groups excluding carboxylic acids is 1. The van der Waals surface area contributed by atoms with Crippen LogP contribution < -0.4 is 10.6 Å². The van der Waals surface area contributed by atoms with Crippen LogP contribution in [-0.2, 0) is 14.3 Å². The fraction of sp³-hybridized carbons (Fsp3) is 0.867. The van der Waals surface area contributed by atoms with Gasteiger partial charge in [-0.1, -0.05) is 13.3 Å². The van der Waals surface area contributed by atoms with Gasteiger partial charge >= 0.3 is 5.97 Å². The Labute approximate surface area is 125 Å². The molecule has 6 nitrogen and oxygen atoms in total. The minimum absolute atomic E-state index is 0.00265. The summed E-state index contributed by atoms with van der Waals surface area (Å²) in [5, 5.41) is 15.5. The largest absolute Gasteiger partial charge is 0.481 e. The van der Waals surface area contributed by atoms with Gasteiger partial charge in [0.1, 0.15) is 0 Å². The van der Waals surface area contributed by atoms with Gasteiger partial charge in [0.15, 0.2) is 0 Å². The van der Waals surface area contributed by atoms with Crippen molar-refractivity contribution in [1.29, 1.82) is 0 Å². The Hall–Kier alpha value is -1.14. The van der Waals surface area contributed by atoms with E-state index in [-0.39, 0.29) is 29.8 Å². The lowest BCUT2D eigenvalue weighted by atomic mass is 9.85. The Bertz CT molecular complexity index is 375. The van der Waals surface area contributed by atoms with Crippen molar-refractivity contribution in [2.24, 2.45) is 11.8 Å². The first kappa shape index (κ1) is 16.2. The number of amides is 1. The molecule has 2 fully saturated rings. The molecule has 6 heteroatoms. The summed E-state index contributed by atoms with van der Waals surface area (Å²) in [7, 11) is 0. The van der Waals surface area contributed by atoms with Gasteiger partial charge < -0.3 is 20.5 Å². The zero-order valence-electron chi connectivity index (χ0n) is 12.6. The molecule has 1 aliphatic heterocycles. The molecule has 0 radical (unpaired) electrons. The summed E-state index contributed by atoms with van der Waals surface area (Å²) in [6.07, 6.45) is 4.02. The van der Waals surface area contributed by atoms with E-state index < -0.39 is 5.97 Å². The number of hydrogen-bond donors (Lipinski definition) is 3. The van der Waals surface area contributed by atoms with Crippen LogP contribution in [-0.4, -0.2) is 48.8 Å². The highest BCUT2D eigenvalue weighted by atomic mass is 16.5. The Kier molecular flexibility index (Phi) is 5.99. The quantitative estimate of drug-likeness (QED) is 0.674. The monoisotopic (exact) mass is 298 g/mol. The first-order valence-corrected chi connectivity index (χ1v) is 7.96. The number of ether oxygens (including phenoxy) is 1. The number of carboxylic acids is 1. The number of hydrogen-bond acceptors (Lipinski definition) is 4. The molecule has 0 spiro atoms. The Morgan fingerprint density at radius 2 is 2.10 bits per heavy atom. The highest BCUT2D eigenvalue weighted by molar-refractivity contribution is 5.80. The van der Waals surface area contributed by atoms with E-state index in [9.17, 15) is 9.59 Å². The fourth-order valence-electron chi connectivity index (χ4n) is 3.20. The number of nitrogens with one attached hydrogen (secondary N) is 2. The van der Waals surface area contributed by atoms with Gasteiger partial charge in [-0.05, 0) is 32.2 Å². The van der Waals surface area contributed by atoms with Crippen molar-refractivity contribution in [3.8, 4) is 0 Å². The van der Waals surface area contributed by atoms with Crippen molar-refractivity contribution >= 4 is 11.9 Å². The molecule has 1 aliphatic carbocycles. The van der Waals surface area contributed by atoms with E-state index in [1.54, 1.807) is 0 Å². The second kappa shape index (κ2) is 7.75. The maximum absolute atomic E-state index is 12.4. The number of carbonyl (C=O) groups is 2. The molecule has 4 unspecified atom stereocenters. The summed E-state index contributed by atoms with van der Waals surface area (Å²) in [6.45, 7) is 3.98. The van der Waals surface area contributed by atoms with Crippen LogP contribution in [0.1, 0.15) is 39.0 Å². The summed E-state index contributed by atoms with van der Waals surface area (Å²) in [4.78, 5) is 23.5. The molecule has 1 saturated carbocycles. The SMILES string of the molecule is CCCNC1COCC1C(=O)NC1CCCC(C(=O)O)C1. The second-order valence-corrected chi connectivity index (χ2v) is 6.11. The van der Waals surface area contributed by atoms with Gasteiger partial charge in [-0.2, -0.15) is 0 Å². The molecule has 0 aromatic heterocycles. The smallest absolute Gasteiger partial charge is 0.306 e. The standard InChI is InChI=1S/C15H26N2O4/c1-2-6-16-13-9-21-8-12(13)14(18)17-11-5-3-4-10(7-11)15(19)20/h10-13,16H,2-9H2,1H3,(H,17,18)(H,19,20). The Balaban J connectivity index is 1.84. The van der Waals surface area contributed by atoms with Crippen LogP contribution in [0.15, 0.2) is 0 Å². The molecule has 0 aromatic rings. The molecule has 2 aliphatic rings. The van der Waals surface area contributed by atoms with Crippen LogP contribution in [0.5, 0.6) is 0 Å². The highest BCUT2D eigenvalue weighted by Gasteiger charge is 2.35. The van der Waals surface area contributed by atoms with Gasteiger partial charge in [0.05, 0.1) is 25.0 Å². The fourth-order valence-corrected chi connectivity index (χ4v) is 3.20. The molecule has 4 atom stereocenters. The number of carboxylic acid groups (broad SMARTS) is 1. The minimum Gasteiger partial charge on any atom is -0.481 e. The Morgan fingerprint density at radius 3 is 2.81 bits per heavy atom. The minimum atomic E-state index is -0.749. The maximum Gasteiger partial charge on any atom is 0.306 e. The number of rotatable bonds is 6. The Morgan fingerprint density at radius 1 is 1.29 bits per heavy atom. The van der Waals surface area contributed by atoms with E-state index in [1.165, 1.54) is 0 Å². The molecule has 3 N–H and O–H groups in total. The van der Waals surface area contributed by atoms with Gasteiger partial charge in [0, 0.05) is 12.1 Å². The van der Waals surface area contributed by atoms with Crippen LogP contribution >= 0.6 is 0 Å². The maximum atomic E-state index is 12.4. The topological polar surface area (TPSA) is 87.7 Å². The molecule has 21 heavy (non-hydrogen) atoms. The van der Waals surface area contributed by atoms with Gasteiger partial charge in [-0.25, -0.2) is 0 Å². The molecule has 1 amide bonds. The van der Waals surface area contributed by atoms with E-state index in [1.807, 2.05) is 0 Å². The molecule has 2 rings (SSSR count). The van der Waals surface area contributed by atoms with Crippen molar-refractivity contribution in [2.45, 2.75) is 51.1 Å². The average molecular weight is 298 g/mol. The van der Waals surface area contributed by atoms with Crippen LogP contribution in [0.3, 0.4) is 0 Å². The molecule has 0 bridgehead atoms. The zero-order valence-corrected chi connectivity index (χ0v) is 12.6. The van der Waals surface area contributed by atoms with Crippen molar-refractivity contribution in [3.05, 3.63) is 0 Å². The van der Waals surface area contributed by atoms with E-state index in [0.29, 0.717) is 19.6 Å². The lowest BCUT2D eigenvalue weighted by Gasteiger charge is -2.29. The summed E-state index contributed by atoms with van der Waals surface area (Å²) in [5.41, 5.74) is 0. The van der Waals surface area contributed by atoms with Crippen LogP contribution in [0.2, 0.25) is 0 Å². The van der Waals surface area contributed by atoms with Gasteiger partial charge in [-0.15, -0.1) is 0 Å². The molecule has 1 saturated heterocycles. The van der Waals surface area contributed by atoms with Gasteiger partial charge in [0.2, 0.25) is 5.91 Å². The third-order valence-corrected chi connectivity index (χ3v) is 4.44. The lowest BCUT2D eigenvalue weighted by molar-refractivity contribution is -0.143. The normalized spacial score (nSPS) is 32.8. The van der Waals surface area contributed by atoms with Crippen LogP contribution in [0.4, 0.5) is 0 Å². The second-order valence-electron chi connectivity index (χ2n) is 6.11. The first-order valence-electron chi connectivity index (χ1n) is 7.96. The molecule has 0 aromatic carbocycles. The predicted molar refractivity (Wildman–Crippen MR) is 77.9 cm³/mol. The summed E-state index contributed by atoms with van der Waals surface area (Å²) in [5.74, 6) is -1.24. The summed E-state index contributed by atoms with van der Waals surface area (Å²) in [6, 6.07) is 0.0589. The molecular weight excluding hydrogens is 272 g/mol. The van der Waals surface area contributed by atoms with Gasteiger partial charge in [0.25, 0.3) is 0 Å². The van der Waals surface area contributed by atoms with Gasteiger partial charge in [-0.3, -0.25) is 9.59 Å². The summed E-state index contributed by atoms with van der Waals surface area (Å²) >= 11 is 0. The van der Waals surface area contributed by atoms with E-state index in [4.69, 9.17) is 9.84 Å². The lowest BCUT2D eigenvalue weighted by Crippen LogP contribution is -2.48. The van der Waals surface area contributed by atoms with E-state index in [0.717, 1.165) is 32.2 Å². The van der Waals surface area contributed by atoms with E-state index in [2.05, 4.69) is 17.6 Å².